The Morgan fingerprint density at radius 1 is 0.953 bits per heavy atom. The van der Waals surface area contributed by atoms with E-state index in [0.717, 1.165) is 25.2 Å². The highest BCUT2D eigenvalue weighted by Crippen LogP contribution is 2.55. The van der Waals surface area contributed by atoms with Crippen molar-refractivity contribution in [3.8, 4) is 5.75 Å². The average Bonchev–Trinajstić information content (AvgIpc) is 3.26. The molecule has 0 spiro atoms. The summed E-state index contributed by atoms with van der Waals surface area (Å²) >= 11 is 0. The maximum Gasteiger partial charge on any atom is 0.233 e. The first-order valence-corrected chi connectivity index (χ1v) is 15.0. The average molecular weight is 581 g/mol. The molecule has 2 saturated heterocycles. The lowest BCUT2D eigenvalue weighted by molar-refractivity contribution is -0.144. The van der Waals surface area contributed by atoms with Crippen LogP contribution in [0.15, 0.2) is 83.0 Å². The molecule has 2 heterocycles. The van der Waals surface area contributed by atoms with E-state index in [1.54, 1.807) is 13.0 Å². The Kier molecular flexibility index (Phi) is 6.77. The van der Waals surface area contributed by atoms with Gasteiger partial charge in [-0.2, -0.15) is 0 Å². The third-order valence-electron chi connectivity index (χ3n) is 10.1. The summed E-state index contributed by atoms with van der Waals surface area (Å²) in [5, 5.41) is 9.85. The standard InChI is InChI=1S/C35H33FN2O5/c1-19-15-29(40)26-17-25-23(30(32(26)33(19)41)21-7-10-28(39)27(36)16-21)8-9-24-31(25)35(43)38(34(24)42)22-11-13-37(14-12-22)18-20-5-3-2-4-6-20/h2-8,10,15-16,22,24-25,30-31,39H,9,11-14,17-18H2,1H3. The monoisotopic (exact) mass is 580 g/mol. The van der Waals surface area contributed by atoms with Gasteiger partial charge >= 0.3 is 0 Å². The largest absolute Gasteiger partial charge is 0.505 e. The van der Waals surface area contributed by atoms with E-state index in [1.807, 2.05) is 24.3 Å². The molecule has 2 fully saturated rings. The van der Waals surface area contributed by atoms with E-state index in [1.165, 1.54) is 28.7 Å². The van der Waals surface area contributed by atoms with Crippen LogP contribution in [0.5, 0.6) is 5.75 Å². The molecule has 2 amide bonds. The molecule has 0 radical (unpaired) electrons. The number of halogens is 1. The smallest absolute Gasteiger partial charge is 0.233 e. The Morgan fingerprint density at radius 3 is 2.42 bits per heavy atom. The molecule has 4 unspecified atom stereocenters. The van der Waals surface area contributed by atoms with Crippen LogP contribution >= 0.6 is 0 Å². The van der Waals surface area contributed by atoms with Gasteiger partial charge in [-0.3, -0.25) is 29.0 Å². The first-order chi connectivity index (χ1) is 20.7. The van der Waals surface area contributed by atoms with Crippen molar-refractivity contribution in [2.24, 2.45) is 17.8 Å². The van der Waals surface area contributed by atoms with Gasteiger partial charge in [-0.05, 0) is 67.9 Å². The number of rotatable bonds is 4. The van der Waals surface area contributed by atoms with E-state index in [2.05, 4.69) is 17.0 Å². The molecule has 3 aliphatic carbocycles. The molecule has 2 aliphatic heterocycles. The summed E-state index contributed by atoms with van der Waals surface area (Å²) in [6.45, 7) is 3.99. The lowest BCUT2D eigenvalue weighted by atomic mass is 9.59. The topological polar surface area (TPSA) is 95.0 Å². The number of Topliss-reactive ketones (excluding diaryl/α,β-unsaturated/α-hetero) is 1. The number of allylic oxidation sites excluding steroid dienone is 6. The minimum absolute atomic E-state index is 0.152. The summed E-state index contributed by atoms with van der Waals surface area (Å²) in [5.74, 6) is -4.58. The SMILES string of the molecule is CC1=CC(=O)C2=C(C1=O)C(c1ccc(O)c(F)c1)C1=CCC3C(=O)N(C4CCN(Cc5ccccc5)CC4)C(=O)C3C1C2. The summed E-state index contributed by atoms with van der Waals surface area (Å²) in [7, 11) is 0. The second kappa shape index (κ2) is 10.5. The van der Waals surface area contributed by atoms with E-state index in [4.69, 9.17) is 0 Å². The molecule has 5 aliphatic rings. The van der Waals surface area contributed by atoms with Crippen molar-refractivity contribution in [3.63, 3.8) is 0 Å². The van der Waals surface area contributed by atoms with Gasteiger partial charge in [0.2, 0.25) is 11.8 Å². The lowest BCUT2D eigenvalue weighted by Crippen LogP contribution is -2.47. The second-order valence-electron chi connectivity index (χ2n) is 12.5. The van der Waals surface area contributed by atoms with Crippen LogP contribution in [0, 0.1) is 23.6 Å². The number of hydrogen-bond acceptors (Lipinski definition) is 6. The molecule has 7 nitrogen and oxygen atoms in total. The highest BCUT2D eigenvalue weighted by Gasteiger charge is 2.57. The van der Waals surface area contributed by atoms with Crippen LogP contribution in [-0.2, 0) is 25.7 Å². The summed E-state index contributed by atoms with van der Waals surface area (Å²) < 4.78 is 14.6. The summed E-state index contributed by atoms with van der Waals surface area (Å²) in [6.07, 6.45) is 5.22. The molecule has 2 aromatic carbocycles. The minimum Gasteiger partial charge on any atom is -0.505 e. The maximum absolute atomic E-state index is 14.6. The van der Waals surface area contributed by atoms with Crippen molar-refractivity contribution >= 4 is 23.4 Å². The number of phenols is 1. The van der Waals surface area contributed by atoms with Crippen molar-refractivity contribution in [2.75, 3.05) is 13.1 Å². The Balaban J connectivity index is 1.19. The number of phenolic OH excluding ortho intramolecular Hbond substituents is 1. The highest BCUT2D eigenvalue weighted by molar-refractivity contribution is 6.23. The molecular formula is C35H33FN2O5. The van der Waals surface area contributed by atoms with Gasteiger partial charge in [0.1, 0.15) is 0 Å². The van der Waals surface area contributed by atoms with E-state index in [0.29, 0.717) is 41.5 Å². The van der Waals surface area contributed by atoms with Crippen LogP contribution in [0.2, 0.25) is 0 Å². The van der Waals surface area contributed by atoms with Gasteiger partial charge in [-0.1, -0.05) is 48.0 Å². The van der Waals surface area contributed by atoms with Gasteiger partial charge in [-0.25, -0.2) is 4.39 Å². The fourth-order valence-corrected chi connectivity index (χ4v) is 8.00. The number of imide groups is 1. The molecule has 220 valence electrons. The van der Waals surface area contributed by atoms with Gasteiger partial charge in [0, 0.05) is 48.3 Å². The molecule has 0 aromatic heterocycles. The fourth-order valence-electron chi connectivity index (χ4n) is 8.00. The zero-order valence-electron chi connectivity index (χ0n) is 24.0. The molecule has 7 rings (SSSR count). The number of piperidine rings is 1. The number of aromatic hydroxyl groups is 1. The van der Waals surface area contributed by atoms with E-state index in [-0.39, 0.29) is 35.8 Å². The third-order valence-corrected chi connectivity index (χ3v) is 10.1. The van der Waals surface area contributed by atoms with E-state index < -0.39 is 35.2 Å². The fraction of sp³-hybridized carbons (Fsp3) is 0.371. The lowest BCUT2D eigenvalue weighted by Gasteiger charge is -2.42. The van der Waals surface area contributed by atoms with Crippen molar-refractivity contribution in [1.29, 1.82) is 0 Å². The summed E-state index contributed by atoms with van der Waals surface area (Å²) in [5.41, 5.74) is 3.42. The molecule has 4 atom stereocenters. The molecule has 1 N–H and O–H groups in total. The summed E-state index contributed by atoms with van der Waals surface area (Å²) in [6, 6.07) is 14.1. The molecule has 43 heavy (non-hydrogen) atoms. The molecule has 0 saturated carbocycles. The minimum atomic E-state index is -0.824. The van der Waals surface area contributed by atoms with Crippen molar-refractivity contribution in [3.05, 3.63) is 99.9 Å². The highest BCUT2D eigenvalue weighted by atomic mass is 19.1. The first-order valence-electron chi connectivity index (χ1n) is 15.0. The van der Waals surface area contributed by atoms with Crippen LogP contribution in [0.25, 0.3) is 0 Å². The molecule has 0 bridgehead atoms. The van der Waals surface area contributed by atoms with Crippen LogP contribution in [0.3, 0.4) is 0 Å². The third kappa shape index (κ3) is 4.50. The Morgan fingerprint density at radius 2 is 1.70 bits per heavy atom. The van der Waals surface area contributed by atoms with Crippen LogP contribution in [0.4, 0.5) is 4.39 Å². The van der Waals surface area contributed by atoms with Crippen molar-refractivity contribution in [2.45, 2.75) is 51.1 Å². The first kappa shape index (κ1) is 27.7. The maximum atomic E-state index is 14.6. The number of hydrogen-bond donors (Lipinski definition) is 1. The van der Waals surface area contributed by atoms with Gasteiger partial charge in [-0.15, -0.1) is 0 Å². The quantitative estimate of drug-likeness (QED) is 0.322. The number of amides is 2. The number of fused-ring (bicyclic) bond motifs is 3. The molecule has 8 heteroatoms. The van der Waals surface area contributed by atoms with Gasteiger partial charge in [0.05, 0.1) is 11.8 Å². The number of carbonyl (C=O) groups excluding carboxylic acids is 4. The number of nitrogens with zero attached hydrogens (tertiary/aromatic N) is 2. The van der Waals surface area contributed by atoms with Crippen LogP contribution in [-0.4, -0.2) is 57.4 Å². The normalized spacial score (nSPS) is 28.0. The number of benzene rings is 2. The zero-order valence-corrected chi connectivity index (χ0v) is 24.0. The summed E-state index contributed by atoms with van der Waals surface area (Å²) in [4.78, 5) is 58.6. The van der Waals surface area contributed by atoms with Crippen molar-refractivity contribution in [1.82, 2.24) is 9.80 Å². The van der Waals surface area contributed by atoms with Gasteiger partial charge in [0.15, 0.2) is 23.1 Å². The van der Waals surface area contributed by atoms with E-state index >= 15 is 0 Å². The number of ketones is 2. The van der Waals surface area contributed by atoms with Crippen LogP contribution in [0.1, 0.15) is 49.7 Å². The van der Waals surface area contributed by atoms with E-state index in [9.17, 15) is 28.7 Å². The number of likely N-dealkylation sites (tertiary alicyclic amines) is 2. The van der Waals surface area contributed by atoms with Gasteiger partial charge < -0.3 is 5.11 Å². The van der Waals surface area contributed by atoms with Crippen LogP contribution < -0.4 is 0 Å². The Bertz CT molecular complexity index is 1650. The van der Waals surface area contributed by atoms with Crippen molar-refractivity contribution < 1.29 is 28.7 Å². The Hall–Kier alpha value is -4.17. The second-order valence-corrected chi connectivity index (χ2v) is 12.5. The Labute approximate surface area is 249 Å². The predicted molar refractivity (Wildman–Crippen MR) is 156 cm³/mol. The van der Waals surface area contributed by atoms with Gasteiger partial charge in [0.25, 0.3) is 0 Å². The predicted octanol–water partition coefficient (Wildman–Crippen LogP) is 4.63. The molecular weight excluding hydrogens is 547 g/mol. The molecule has 2 aromatic rings. The zero-order chi connectivity index (χ0) is 30.0. The number of carbonyl (C=O) groups is 4.